The monoisotopic (exact) mass is 298 g/mol. The fourth-order valence-electron chi connectivity index (χ4n) is 2.45. The molecule has 6 nitrogen and oxygen atoms in total. The van der Waals surface area contributed by atoms with Crippen molar-refractivity contribution in [3.05, 3.63) is 75.8 Å². The molecule has 0 saturated heterocycles. The topological polar surface area (TPSA) is 74.0 Å². The molecular weight excluding hydrogens is 284 g/mol. The molecule has 1 aliphatic rings. The summed E-state index contributed by atoms with van der Waals surface area (Å²) < 4.78 is 5.09. The van der Waals surface area contributed by atoms with Crippen LogP contribution < -0.4 is 4.74 Å². The highest BCUT2D eigenvalue weighted by molar-refractivity contribution is 6.04. The maximum atomic E-state index is 11.5. The van der Waals surface area contributed by atoms with Crippen molar-refractivity contribution in [1.82, 2.24) is 0 Å². The molecule has 112 valence electrons. The predicted molar refractivity (Wildman–Crippen MR) is 80.6 cm³/mol. The smallest absolute Gasteiger partial charge is 0.301 e. The second kappa shape index (κ2) is 5.85. The fraction of sp³-hybridized carbons (Fsp3) is 0.188. The lowest BCUT2D eigenvalue weighted by Crippen LogP contribution is -2.32. The van der Waals surface area contributed by atoms with Crippen LogP contribution in [0.4, 0.5) is 0 Å². The van der Waals surface area contributed by atoms with Crippen LogP contribution in [0.25, 0.3) is 0 Å². The molecule has 22 heavy (non-hydrogen) atoms. The lowest BCUT2D eigenvalue weighted by molar-refractivity contribution is -0.512. The van der Waals surface area contributed by atoms with Crippen LogP contribution >= 0.6 is 0 Å². The van der Waals surface area contributed by atoms with E-state index in [0.29, 0.717) is 22.6 Å². The minimum absolute atomic E-state index is 0.339. The third-order valence-electron chi connectivity index (χ3n) is 3.57. The summed E-state index contributed by atoms with van der Waals surface area (Å²) in [4.78, 5) is 16.5. The Kier molecular flexibility index (Phi) is 3.74. The van der Waals surface area contributed by atoms with E-state index in [9.17, 15) is 10.1 Å². The van der Waals surface area contributed by atoms with E-state index in [0.717, 1.165) is 0 Å². The molecule has 0 aromatic heterocycles. The first-order valence-corrected chi connectivity index (χ1v) is 6.77. The van der Waals surface area contributed by atoms with Crippen LogP contribution in [0.2, 0.25) is 0 Å². The van der Waals surface area contributed by atoms with Crippen LogP contribution in [0.5, 0.6) is 5.75 Å². The number of hydrogen-bond acceptors (Lipinski definition) is 5. The number of nitrogens with zero attached hydrogens (tertiary/aromatic N) is 2. The highest BCUT2D eigenvalue weighted by atomic mass is 16.7. The Balaban J connectivity index is 1.92. The number of rotatable bonds is 4. The van der Waals surface area contributed by atoms with Crippen molar-refractivity contribution < 1.29 is 14.5 Å². The van der Waals surface area contributed by atoms with Gasteiger partial charge in [0, 0.05) is 16.1 Å². The van der Waals surface area contributed by atoms with Crippen LogP contribution in [0.1, 0.15) is 17.2 Å². The highest BCUT2D eigenvalue weighted by Crippen LogP contribution is 2.32. The molecule has 6 heteroatoms. The van der Waals surface area contributed by atoms with Gasteiger partial charge in [0.1, 0.15) is 5.75 Å². The maximum absolute atomic E-state index is 11.5. The van der Waals surface area contributed by atoms with Crippen molar-refractivity contribution in [2.75, 3.05) is 7.11 Å². The van der Waals surface area contributed by atoms with Crippen molar-refractivity contribution in [3.63, 3.8) is 0 Å². The Morgan fingerprint density at radius 2 is 1.82 bits per heavy atom. The Bertz CT molecular complexity index is 698. The molecule has 0 fully saturated rings. The lowest BCUT2D eigenvalue weighted by atomic mass is 9.95. The second-order valence-corrected chi connectivity index (χ2v) is 4.87. The summed E-state index contributed by atoms with van der Waals surface area (Å²) in [5, 5.41) is 15.5. The van der Waals surface area contributed by atoms with Gasteiger partial charge in [-0.15, -0.1) is 0 Å². The molecule has 0 unspecified atom stereocenters. The molecule has 2 aromatic rings. The number of methoxy groups -OCH3 is 1. The molecule has 3 rings (SSSR count). The lowest BCUT2D eigenvalue weighted by Gasteiger charge is -2.13. The zero-order valence-corrected chi connectivity index (χ0v) is 11.9. The van der Waals surface area contributed by atoms with E-state index in [-0.39, 0.29) is 4.92 Å². The number of oxime groups is 1. The fourth-order valence-corrected chi connectivity index (χ4v) is 2.45. The van der Waals surface area contributed by atoms with Crippen molar-refractivity contribution in [3.8, 4) is 5.75 Å². The van der Waals surface area contributed by atoms with Gasteiger partial charge in [-0.25, -0.2) is 0 Å². The van der Waals surface area contributed by atoms with E-state index in [1.54, 1.807) is 43.5 Å². The van der Waals surface area contributed by atoms with Gasteiger partial charge in [0.15, 0.2) is 5.71 Å². The first-order chi connectivity index (χ1) is 10.7. The van der Waals surface area contributed by atoms with E-state index in [4.69, 9.17) is 9.57 Å². The molecule has 1 aliphatic heterocycles. The molecule has 0 saturated carbocycles. The largest absolute Gasteiger partial charge is 0.497 e. The van der Waals surface area contributed by atoms with Crippen molar-refractivity contribution in [1.29, 1.82) is 0 Å². The molecule has 2 atom stereocenters. The third-order valence-corrected chi connectivity index (χ3v) is 3.57. The molecule has 1 heterocycles. The van der Waals surface area contributed by atoms with Crippen molar-refractivity contribution in [2.45, 2.75) is 12.1 Å². The molecule has 2 aromatic carbocycles. The van der Waals surface area contributed by atoms with Crippen LogP contribution in [0.3, 0.4) is 0 Å². The Labute approximate surface area is 127 Å². The van der Waals surface area contributed by atoms with Gasteiger partial charge in [-0.05, 0) is 12.1 Å². The molecule has 0 bridgehead atoms. The molecule has 0 radical (unpaired) electrons. The zero-order chi connectivity index (χ0) is 15.5. The first kappa shape index (κ1) is 14.1. The van der Waals surface area contributed by atoms with Gasteiger partial charge < -0.3 is 9.57 Å². The van der Waals surface area contributed by atoms with Crippen molar-refractivity contribution in [2.24, 2.45) is 5.16 Å². The SMILES string of the molecule is COc1ccc([C@@H]2ON=C(c3ccccc3)[C@@H]2[N+](=O)[O-])cc1. The molecular formula is C16H14N2O4. The van der Waals surface area contributed by atoms with E-state index in [1.807, 2.05) is 18.2 Å². The predicted octanol–water partition coefficient (Wildman–Crippen LogP) is 2.82. The van der Waals surface area contributed by atoms with Gasteiger partial charge in [0.25, 0.3) is 0 Å². The summed E-state index contributed by atoms with van der Waals surface area (Å²) in [6.45, 7) is 0. The number of benzene rings is 2. The number of hydrogen-bond donors (Lipinski definition) is 0. The summed E-state index contributed by atoms with van der Waals surface area (Å²) >= 11 is 0. The van der Waals surface area contributed by atoms with E-state index in [2.05, 4.69) is 5.16 Å². The van der Waals surface area contributed by atoms with Crippen LogP contribution in [-0.2, 0) is 4.84 Å². The summed E-state index contributed by atoms with van der Waals surface area (Å²) in [6, 6.07) is 15.0. The van der Waals surface area contributed by atoms with E-state index >= 15 is 0 Å². The van der Waals surface area contributed by atoms with Gasteiger partial charge >= 0.3 is 6.04 Å². The van der Waals surface area contributed by atoms with Crippen LogP contribution in [-0.4, -0.2) is 23.8 Å². The summed E-state index contributed by atoms with van der Waals surface area (Å²) in [5.74, 6) is 0.684. The quantitative estimate of drug-likeness (QED) is 0.642. The minimum Gasteiger partial charge on any atom is -0.497 e. The number of ether oxygens (including phenoxy) is 1. The highest BCUT2D eigenvalue weighted by Gasteiger charge is 2.45. The molecule has 0 spiro atoms. The van der Waals surface area contributed by atoms with Crippen molar-refractivity contribution >= 4 is 5.71 Å². The van der Waals surface area contributed by atoms with Crippen LogP contribution in [0.15, 0.2) is 59.8 Å². The zero-order valence-electron chi connectivity index (χ0n) is 11.9. The van der Waals surface area contributed by atoms with E-state index < -0.39 is 12.1 Å². The Hall–Kier alpha value is -2.89. The minimum atomic E-state index is -1.03. The number of nitro groups is 1. The van der Waals surface area contributed by atoms with Gasteiger partial charge in [-0.3, -0.25) is 10.1 Å². The van der Waals surface area contributed by atoms with Gasteiger partial charge in [-0.1, -0.05) is 47.6 Å². The normalized spacial score (nSPS) is 20.1. The summed E-state index contributed by atoms with van der Waals surface area (Å²) in [7, 11) is 1.57. The average molecular weight is 298 g/mol. The standard InChI is InChI=1S/C16H14N2O4/c1-21-13-9-7-12(8-10-13)16-15(18(19)20)14(17-22-16)11-5-3-2-4-6-11/h2-10,15-16H,1H3/t15-,16-/m0/s1. The Morgan fingerprint density at radius 3 is 2.41 bits per heavy atom. The second-order valence-electron chi connectivity index (χ2n) is 4.87. The first-order valence-electron chi connectivity index (χ1n) is 6.77. The third kappa shape index (κ3) is 2.50. The maximum Gasteiger partial charge on any atom is 0.301 e. The van der Waals surface area contributed by atoms with E-state index in [1.165, 1.54) is 0 Å². The summed E-state index contributed by atoms with van der Waals surface area (Å²) in [6.07, 6.45) is -0.740. The van der Waals surface area contributed by atoms with Crippen LogP contribution in [0, 0.1) is 10.1 Å². The van der Waals surface area contributed by atoms with Gasteiger partial charge in [-0.2, -0.15) is 0 Å². The summed E-state index contributed by atoms with van der Waals surface area (Å²) in [5.41, 5.74) is 1.73. The molecule has 0 N–H and O–H groups in total. The van der Waals surface area contributed by atoms with Gasteiger partial charge in [0.2, 0.25) is 6.10 Å². The Morgan fingerprint density at radius 1 is 1.14 bits per heavy atom. The average Bonchev–Trinajstić information content (AvgIpc) is 3.01. The molecule has 0 amide bonds. The molecule has 0 aliphatic carbocycles. The van der Waals surface area contributed by atoms with Gasteiger partial charge in [0.05, 0.1) is 7.11 Å².